The lowest BCUT2D eigenvalue weighted by atomic mass is 10.1. The topological polar surface area (TPSA) is 24.2 Å². The van der Waals surface area contributed by atoms with E-state index in [1.54, 1.807) is 12.3 Å². The summed E-state index contributed by atoms with van der Waals surface area (Å²) < 4.78 is 2.87. The van der Waals surface area contributed by atoms with Gasteiger partial charge in [-0.15, -0.1) is 0 Å². The highest BCUT2D eigenvalue weighted by atomic mass is 79.9. The molecule has 0 atom stereocenters. The summed E-state index contributed by atoms with van der Waals surface area (Å²) in [5.74, 6) is 0.00335. The molecule has 1 saturated heterocycles. The van der Waals surface area contributed by atoms with Gasteiger partial charge in [0.2, 0.25) is 0 Å². The monoisotopic (exact) mass is 357 g/mol. The van der Waals surface area contributed by atoms with Gasteiger partial charge < -0.3 is 4.90 Å². The molecule has 1 aliphatic heterocycles. The third-order valence-electron chi connectivity index (χ3n) is 3.83. The Labute approximate surface area is 139 Å². The molecule has 0 aliphatic carbocycles. The van der Waals surface area contributed by atoms with E-state index in [0.717, 1.165) is 17.6 Å². The fourth-order valence-electron chi connectivity index (χ4n) is 2.58. The molecule has 1 fully saturated rings. The lowest BCUT2D eigenvalue weighted by molar-refractivity contribution is -0.568. The number of anilines is 1. The third kappa shape index (κ3) is 3.63. The van der Waals surface area contributed by atoms with Crippen LogP contribution < -0.4 is 9.47 Å². The van der Waals surface area contributed by atoms with Crippen molar-refractivity contribution in [2.45, 2.75) is 12.8 Å². The van der Waals surface area contributed by atoms with Crippen molar-refractivity contribution in [2.24, 2.45) is 0 Å². The zero-order valence-electron chi connectivity index (χ0n) is 12.3. The van der Waals surface area contributed by atoms with Crippen LogP contribution in [0.3, 0.4) is 0 Å². The zero-order chi connectivity index (χ0) is 15.4. The van der Waals surface area contributed by atoms with Crippen LogP contribution in [0.4, 0.5) is 5.69 Å². The molecule has 22 heavy (non-hydrogen) atoms. The van der Waals surface area contributed by atoms with Gasteiger partial charge in [-0.1, -0.05) is 15.9 Å². The minimum Gasteiger partial charge on any atom is -0.371 e. The maximum atomic E-state index is 12.1. The van der Waals surface area contributed by atoms with E-state index in [0.29, 0.717) is 5.56 Å². The van der Waals surface area contributed by atoms with Gasteiger partial charge in [-0.3, -0.25) is 4.79 Å². The Morgan fingerprint density at radius 3 is 2.32 bits per heavy atom. The first-order chi connectivity index (χ1) is 10.7. The van der Waals surface area contributed by atoms with Crippen LogP contribution in [0.2, 0.25) is 0 Å². The van der Waals surface area contributed by atoms with Crippen molar-refractivity contribution in [3.63, 3.8) is 0 Å². The molecule has 112 valence electrons. The predicted molar refractivity (Wildman–Crippen MR) is 91.9 cm³/mol. The number of rotatable bonds is 4. The summed E-state index contributed by atoms with van der Waals surface area (Å²) in [6.07, 6.45) is 9.90. The van der Waals surface area contributed by atoms with E-state index in [1.165, 1.54) is 18.5 Å². The van der Waals surface area contributed by atoms with E-state index in [1.807, 2.05) is 41.2 Å². The number of halogens is 1. The van der Waals surface area contributed by atoms with Gasteiger partial charge in [0.05, 0.1) is 6.08 Å². The van der Waals surface area contributed by atoms with Crippen LogP contribution in [0, 0.1) is 0 Å². The number of aromatic nitrogens is 1. The Bertz CT molecular complexity index is 671. The largest absolute Gasteiger partial charge is 0.371 e. The molecule has 4 heteroatoms. The molecular formula is C18H18BrN2O+. The van der Waals surface area contributed by atoms with Crippen LogP contribution in [0.1, 0.15) is 23.2 Å². The summed E-state index contributed by atoms with van der Waals surface area (Å²) in [6, 6.07) is 11.6. The maximum absolute atomic E-state index is 12.1. The van der Waals surface area contributed by atoms with E-state index >= 15 is 0 Å². The van der Waals surface area contributed by atoms with Crippen LogP contribution in [0.15, 0.2) is 59.3 Å². The number of hydrogen-bond acceptors (Lipinski definition) is 2. The van der Waals surface area contributed by atoms with E-state index in [9.17, 15) is 4.79 Å². The Morgan fingerprint density at radius 2 is 1.68 bits per heavy atom. The summed E-state index contributed by atoms with van der Waals surface area (Å²) in [5, 5.41) is 0. The first-order valence-corrected chi connectivity index (χ1v) is 8.25. The van der Waals surface area contributed by atoms with Crippen molar-refractivity contribution in [1.29, 1.82) is 0 Å². The van der Waals surface area contributed by atoms with Gasteiger partial charge in [0.25, 0.3) is 0 Å². The summed E-state index contributed by atoms with van der Waals surface area (Å²) in [5.41, 5.74) is 1.94. The quantitative estimate of drug-likeness (QED) is 0.473. The van der Waals surface area contributed by atoms with Gasteiger partial charge >= 0.3 is 0 Å². The number of allylic oxidation sites excluding steroid dienone is 1. The maximum Gasteiger partial charge on any atom is 0.191 e. The number of pyridine rings is 1. The highest BCUT2D eigenvalue weighted by Crippen LogP contribution is 2.18. The highest BCUT2D eigenvalue weighted by Gasteiger charge is 2.13. The van der Waals surface area contributed by atoms with Crippen molar-refractivity contribution in [2.75, 3.05) is 18.0 Å². The van der Waals surface area contributed by atoms with E-state index in [-0.39, 0.29) is 5.78 Å². The fraction of sp³-hybridized carbons (Fsp3) is 0.222. The molecule has 0 unspecified atom stereocenters. The Morgan fingerprint density at radius 1 is 1.05 bits per heavy atom. The van der Waals surface area contributed by atoms with E-state index in [4.69, 9.17) is 0 Å². The number of carbonyl (C=O) groups excluding carboxylic acids is 1. The average Bonchev–Trinajstić information content (AvgIpc) is 3.08. The van der Waals surface area contributed by atoms with Gasteiger partial charge in [-0.25, -0.2) is 0 Å². The molecule has 1 aromatic heterocycles. The normalized spacial score (nSPS) is 14.7. The van der Waals surface area contributed by atoms with Gasteiger partial charge in [0, 0.05) is 40.9 Å². The summed E-state index contributed by atoms with van der Waals surface area (Å²) in [6.45, 7) is 2.28. The third-order valence-corrected chi connectivity index (χ3v) is 4.36. The lowest BCUT2D eigenvalue weighted by Gasteiger charge is -2.15. The minimum atomic E-state index is 0.00335. The van der Waals surface area contributed by atoms with Crippen LogP contribution in [0.25, 0.3) is 6.20 Å². The molecule has 1 aliphatic rings. The lowest BCUT2D eigenvalue weighted by Crippen LogP contribution is -2.26. The van der Waals surface area contributed by atoms with Crippen molar-refractivity contribution >= 4 is 33.6 Å². The van der Waals surface area contributed by atoms with Crippen molar-refractivity contribution < 1.29 is 9.36 Å². The van der Waals surface area contributed by atoms with Crippen LogP contribution in [-0.4, -0.2) is 18.9 Å². The second-order valence-electron chi connectivity index (χ2n) is 5.38. The summed E-state index contributed by atoms with van der Waals surface area (Å²) >= 11 is 3.37. The van der Waals surface area contributed by atoms with Gasteiger partial charge in [0.1, 0.15) is 0 Å². The molecule has 0 saturated carbocycles. The zero-order valence-corrected chi connectivity index (χ0v) is 13.9. The summed E-state index contributed by atoms with van der Waals surface area (Å²) in [7, 11) is 0. The SMILES string of the molecule is O=C(C=C[n+]1ccc(N2CCCC2)cc1)c1ccc(Br)cc1. The van der Waals surface area contributed by atoms with Crippen LogP contribution in [0.5, 0.6) is 0 Å². The molecule has 1 aromatic carbocycles. The van der Waals surface area contributed by atoms with Gasteiger partial charge in [-0.2, -0.15) is 4.57 Å². The highest BCUT2D eigenvalue weighted by molar-refractivity contribution is 9.10. The molecule has 2 aromatic rings. The van der Waals surface area contributed by atoms with Crippen molar-refractivity contribution in [1.82, 2.24) is 0 Å². The standard InChI is InChI=1S/C18H18BrN2O/c19-16-5-3-15(4-6-16)18(22)9-14-20-12-7-17(8-13-20)21-10-1-2-11-21/h3-9,12-14H,1-2,10-11H2/q+1. The fourth-order valence-corrected chi connectivity index (χ4v) is 2.84. The van der Waals surface area contributed by atoms with Gasteiger partial charge in [0.15, 0.2) is 24.4 Å². The Kier molecular flexibility index (Phi) is 4.68. The molecule has 0 spiro atoms. The second-order valence-corrected chi connectivity index (χ2v) is 6.30. The van der Waals surface area contributed by atoms with Crippen LogP contribution >= 0.6 is 15.9 Å². The van der Waals surface area contributed by atoms with Gasteiger partial charge in [-0.05, 0) is 37.1 Å². The number of hydrogen-bond donors (Lipinski definition) is 0. The molecule has 0 bridgehead atoms. The number of ketones is 1. The molecule has 2 heterocycles. The summed E-state index contributed by atoms with van der Waals surface area (Å²) in [4.78, 5) is 14.5. The molecule has 0 radical (unpaired) electrons. The number of carbonyl (C=O) groups is 1. The smallest absolute Gasteiger partial charge is 0.191 e. The number of benzene rings is 1. The Balaban J connectivity index is 1.67. The van der Waals surface area contributed by atoms with Crippen molar-refractivity contribution in [3.8, 4) is 0 Å². The second kappa shape index (κ2) is 6.88. The van der Waals surface area contributed by atoms with Crippen LogP contribution in [-0.2, 0) is 0 Å². The molecule has 3 nitrogen and oxygen atoms in total. The minimum absolute atomic E-state index is 0.00335. The van der Waals surface area contributed by atoms with Crippen molar-refractivity contribution in [3.05, 3.63) is 64.9 Å². The predicted octanol–water partition coefficient (Wildman–Crippen LogP) is 3.69. The Hall–Kier alpha value is -1.94. The first-order valence-electron chi connectivity index (χ1n) is 7.46. The molecule has 0 N–H and O–H groups in total. The van der Waals surface area contributed by atoms with E-state index < -0.39 is 0 Å². The molecule has 3 rings (SSSR count). The number of nitrogens with zero attached hydrogens (tertiary/aromatic N) is 2. The average molecular weight is 358 g/mol. The molecule has 0 amide bonds. The first kappa shape index (κ1) is 15.0. The molecular weight excluding hydrogens is 340 g/mol. The van der Waals surface area contributed by atoms with E-state index in [2.05, 4.69) is 33.0 Å².